The minimum atomic E-state index is -2.10. The van der Waals surface area contributed by atoms with Crippen molar-refractivity contribution in [2.45, 2.75) is 51.4 Å². The summed E-state index contributed by atoms with van der Waals surface area (Å²) in [5.74, 6) is 5.29. The molecule has 22 nitrogen and oxygen atoms in total. The molecule has 0 aromatic heterocycles. The molecule has 0 spiro atoms. The summed E-state index contributed by atoms with van der Waals surface area (Å²) >= 11 is 0. The van der Waals surface area contributed by atoms with Crippen LogP contribution in [0.2, 0.25) is 0 Å². The van der Waals surface area contributed by atoms with Crippen molar-refractivity contribution in [3.63, 3.8) is 0 Å². The lowest BCUT2D eigenvalue weighted by Gasteiger charge is -2.27. The number of hydrogen-bond donors (Lipinski definition) is 2. The molecule has 2 aliphatic carbocycles. The highest BCUT2D eigenvalue weighted by Gasteiger charge is 2.45. The number of carbonyl (C=O) groups excluding carboxylic acids is 3. The SMILES string of the molecule is COc1cc2c3cc1OCCOc1cc4c(cc1OC)Cc1cc(OC)c5cc1Cc1cc(c(OCC(=O)OCCSSCCOC(O)=Nc6ccc7c8c(cccc68)C(=O)N(CCC(O)=NCCC[P+](c6ccccc6)(c6ccccc6)c6ccccc6)C7=O)cc1C4)OCCOc1cc(c(cc1OC)C3)Cc1cc(c(OC)cc1C2)OCCO5. The van der Waals surface area contributed by atoms with E-state index in [1.165, 1.54) is 37.5 Å². The third kappa shape index (κ3) is 18.3. The molecule has 7 aliphatic rings. The second kappa shape index (κ2) is 38.0. The van der Waals surface area contributed by atoms with Crippen LogP contribution in [0.3, 0.4) is 0 Å². The Hall–Kier alpha value is -12.2. The fourth-order valence-corrected chi connectivity index (χ4v) is 22.5. The Labute approximate surface area is 710 Å². The molecule has 0 saturated carbocycles. The molecule has 11 aromatic carbocycles. The van der Waals surface area contributed by atoms with Crippen LogP contribution in [0.4, 0.5) is 5.69 Å². The first-order valence-electron chi connectivity index (χ1n) is 40.3. The zero-order chi connectivity index (χ0) is 83.4. The zero-order valence-corrected chi connectivity index (χ0v) is 70.5. The topological polar surface area (TPSA) is 249 Å². The molecule has 0 atom stereocenters. The summed E-state index contributed by atoms with van der Waals surface area (Å²) in [6.45, 7) is 0.836. The average Bonchev–Trinajstić information content (AvgIpc) is 1.21. The van der Waals surface area contributed by atoms with Gasteiger partial charge in [0.2, 0.25) is 0 Å². The average molecular weight is 1690 g/mol. The number of aliphatic hydroxyl groups is 2. The van der Waals surface area contributed by atoms with E-state index in [2.05, 4.69) is 107 Å². The standard InChI is InChI=1S/C96H92N3O19PS2/c1-105-79-47-60-41-61-48-80(106-2)85-53-66(61)44-67-54-88-83(109-5)51-64(67)43-65(60)52-84(79)110-30-31-113-87-56-69-46-71-58-90(89(115-35-34-114-88)57-70(71)45-68-55-86(112-33-32-111-85)81(107-3)49-62(68)42-63(69)50-82(87)108-4)118-59-92(101)116-36-39-120-121-40-37-117-96(104)98-78-26-25-77-93-75(78)23-15-24-76(93)94(102)99(95(77)103)29-27-91(100)97-28-16-38-119(72-17-9-6-10-18-72,73-19-11-7-12-20-73)74-21-13-8-14-22-74/h6-15,17-26,47-58H,16,27-46,59H2,1-5H3,(H-,97,98,100,102,103,104)/p+1. The minimum absolute atomic E-state index is 0.0185. The fourth-order valence-electron chi connectivity index (χ4n) is 16.5. The molecular formula is C96H93N3O19PS2+. The molecule has 5 aliphatic heterocycles. The van der Waals surface area contributed by atoms with Crippen LogP contribution in [0.5, 0.6) is 69.0 Å². The maximum atomic E-state index is 14.1. The van der Waals surface area contributed by atoms with Crippen LogP contribution >= 0.6 is 28.9 Å². The number of carbonyl (C=O) groups is 3. The summed E-state index contributed by atoms with van der Waals surface area (Å²) in [4.78, 5) is 52.1. The number of fused-ring (bicyclic) bond motifs is 3. The monoisotopic (exact) mass is 1690 g/mol. The second-order valence-corrected chi connectivity index (χ2v) is 35.9. The molecule has 14 bridgehead atoms. The zero-order valence-electron chi connectivity index (χ0n) is 68.0. The lowest BCUT2D eigenvalue weighted by molar-refractivity contribution is -0.145. The van der Waals surface area contributed by atoms with Crippen LogP contribution < -0.4 is 72.8 Å². The maximum Gasteiger partial charge on any atom is 0.386 e. The molecule has 2 amide bonds. The van der Waals surface area contributed by atoms with Crippen LogP contribution in [0.25, 0.3) is 10.8 Å². The number of methoxy groups -OCH3 is 5. The van der Waals surface area contributed by atoms with Crippen LogP contribution in [0.15, 0.2) is 204 Å². The maximum absolute atomic E-state index is 14.1. The third-order valence-electron chi connectivity index (χ3n) is 22.3. The number of imide groups is 1. The van der Waals surface area contributed by atoms with Gasteiger partial charge in [0.25, 0.3) is 11.8 Å². The van der Waals surface area contributed by atoms with Gasteiger partial charge in [-0.1, -0.05) is 88.3 Å². The van der Waals surface area contributed by atoms with Gasteiger partial charge in [-0.25, -0.2) is 4.79 Å². The lowest BCUT2D eigenvalue weighted by Crippen LogP contribution is -2.41. The van der Waals surface area contributed by atoms with Crippen molar-refractivity contribution in [3.05, 3.63) is 272 Å². The van der Waals surface area contributed by atoms with Gasteiger partial charge in [-0.2, -0.15) is 4.99 Å². The van der Waals surface area contributed by atoms with Crippen molar-refractivity contribution in [1.29, 1.82) is 0 Å². The number of ether oxygens (including phenoxy) is 14. The number of rotatable bonds is 26. The summed E-state index contributed by atoms with van der Waals surface area (Å²) in [7, 11) is 8.99. The van der Waals surface area contributed by atoms with Gasteiger partial charge >= 0.3 is 12.1 Å². The molecule has 0 unspecified atom stereocenters. The molecule has 11 aromatic rings. The van der Waals surface area contributed by atoms with E-state index >= 15 is 0 Å². The fraction of sp³-hybridized carbons (Fsp3) is 0.281. The summed E-state index contributed by atoms with van der Waals surface area (Å²) in [6, 6.07) is 64.4. The number of benzene rings is 11. The van der Waals surface area contributed by atoms with Crippen molar-refractivity contribution in [2.24, 2.45) is 9.98 Å². The van der Waals surface area contributed by atoms with Crippen molar-refractivity contribution < 1.29 is 90.9 Å². The highest BCUT2D eigenvalue weighted by Crippen LogP contribution is 2.56. The predicted molar refractivity (Wildman–Crippen MR) is 472 cm³/mol. The first-order chi connectivity index (χ1) is 59.3. The van der Waals surface area contributed by atoms with Gasteiger partial charge in [-0.3, -0.25) is 19.5 Å². The summed E-state index contributed by atoms with van der Waals surface area (Å²) in [5.41, 5.74) is 12.7. The molecule has 622 valence electrons. The predicted octanol–water partition coefficient (Wildman–Crippen LogP) is 15.9. The first kappa shape index (κ1) is 82.5. The van der Waals surface area contributed by atoms with E-state index in [0.717, 1.165) is 77.8 Å². The van der Waals surface area contributed by atoms with E-state index in [1.807, 2.05) is 66.7 Å². The molecule has 18 rings (SSSR count). The van der Waals surface area contributed by atoms with Gasteiger partial charge in [-0.15, -0.1) is 0 Å². The van der Waals surface area contributed by atoms with Crippen LogP contribution in [0.1, 0.15) is 100 Å². The first-order valence-corrected chi connectivity index (χ1v) is 44.8. The van der Waals surface area contributed by atoms with Gasteiger partial charge in [0.15, 0.2) is 81.5 Å². The van der Waals surface area contributed by atoms with Crippen LogP contribution in [-0.2, 0) is 52.8 Å². The number of nitrogens with zero attached hydrogens (tertiary/aromatic N) is 3. The second-order valence-electron chi connectivity index (χ2n) is 29.5. The van der Waals surface area contributed by atoms with E-state index in [4.69, 9.17) is 66.3 Å². The Morgan fingerprint density at radius 2 is 0.785 bits per heavy atom. The number of aliphatic hydroxyl groups excluding tert-OH is 2. The lowest BCUT2D eigenvalue weighted by atomic mass is 9.93. The third-order valence-corrected chi connectivity index (χ3v) is 29.2. The normalized spacial score (nSPS) is 14.3. The molecule has 0 radical (unpaired) electrons. The Kier molecular flexibility index (Phi) is 25.9. The minimum Gasteiger partial charge on any atom is -0.497 e. The van der Waals surface area contributed by atoms with Crippen molar-refractivity contribution in [3.8, 4) is 69.0 Å². The molecule has 0 saturated heterocycles. The van der Waals surface area contributed by atoms with Crippen molar-refractivity contribution >= 4 is 91.0 Å². The highest BCUT2D eigenvalue weighted by molar-refractivity contribution is 8.76. The van der Waals surface area contributed by atoms with E-state index in [-0.39, 0.29) is 71.7 Å². The number of esters is 1. The van der Waals surface area contributed by atoms with Gasteiger partial charge in [0.1, 0.15) is 76.0 Å². The van der Waals surface area contributed by atoms with Crippen molar-refractivity contribution in [1.82, 2.24) is 4.90 Å². The smallest absolute Gasteiger partial charge is 0.386 e. The van der Waals surface area contributed by atoms with Gasteiger partial charge in [-0.05, 0) is 233 Å². The molecule has 5 heterocycles. The Morgan fingerprint density at radius 3 is 1.17 bits per heavy atom. The van der Waals surface area contributed by atoms with Crippen molar-refractivity contribution in [2.75, 3.05) is 126 Å². The quantitative estimate of drug-likeness (QED) is 0.00972. The van der Waals surface area contributed by atoms with E-state index in [9.17, 15) is 24.6 Å². The van der Waals surface area contributed by atoms with Gasteiger partial charge in [0, 0.05) is 59.3 Å². The molecule has 2 N–H and O–H groups in total. The summed E-state index contributed by atoms with van der Waals surface area (Å²) in [6.07, 6.45) is 3.81. The highest BCUT2D eigenvalue weighted by atomic mass is 33.1. The number of amides is 2. The van der Waals surface area contributed by atoms with E-state index in [0.29, 0.717) is 160 Å². The van der Waals surface area contributed by atoms with Gasteiger partial charge < -0.3 is 76.5 Å². The summed E-state index contributed by atoms with van der Waals surface area (Å²) < 4.78 is 88.2. The molecule has 121 heavy (non-hydrogen) atoms. The molecule has 0 fully saturated rings. The molecular weight excluding hydrogens is 1590 g/mol. The van der Waals surface area contributed by atoms with E-state index in [1.54, 1.807) is 65.9 Å². The largest absolute Gasteiger partial charge is 0.497 e. The van der Waals surface area contributed by atoms with Crippen LogP contribution in [-0.4, -0.2) is 171 Å². The number of hydrogen-bond acceptors (Lipinski definition) is 21. The Bertz CT molecular complexity index is 5620. The van der Waals surface area contributed by atoms with Gasteiger partial charge in [0.05, 0.1) is 47.4 Å². The number of aliphatic imine (C=N–C) groups is 2. The summed E-state index contributed by atoms with van der Waals surface area (Å²) in [5, 5.41) is 26.8. The molecule has 25 heteroatoms. The van der Waals surface area contributed by atoms with E-state index < -0.39 is 37.7 Å². The van der Waals surface area contributed by atoms with Crippen LogP contribution in [0, 0.1) is 0 Å². The Morgan fingerprint density at radius 1 is 0.430 bits per heavy atom. The Balaban J connectivity index is 0.577.